The maximum atomic E-state index is 12.5. The van der Waals surface area contributed by atoms with Gasteiger partial charge < -0.3 is 24.8 Å². The molecule has 1 aliphatic heterocycles. The van der Waals surface area contributed by atoms with Gasteiger partial charge in [-0.3, -0.25) is 0 Å². The summed E-state index contributed by atoms with van der Waals surface area (Å²) in [6, 6.07) is 13.3. The zero-order valence-corrected chi connectivity index (χ0v) is 16.7. The molecule has 1 heterocycles. The molecule has 3 rings (SSSR count). The van der Waals surface area contributed by atoms with E-state index in [4.69, 9.17) is 16.3 Å². The molecule has 2 aromatic carbocycles. The second kappa shape index (κ2) is 8.39. The molecule has 27 heavy (non-hydrogen) atoms. The normalized spacial score (nSPS) is 14.1. The van der Waals surface area contributed by atoms with Crippen molar-refractivity contribution in [2.45, 2.75) is 0 Å². The number of anilines is 3. The molecule has 0 unspecified atom stereocenters. The number of ether oxygens (including phenoxy) is 1. The summed E-state index contributed by atoms with van der Waals surface area (Å²) >= 11 is 6.13. The number of methoxy groups -OCH3 is 1. The van der Waals surface area contributed by atoms with Crippen LogP contribution >= 0.6 is 11.6 Å². The lowest BCUT2D eigenvalue weighted by molar-refractivity contribution is 0.208. The molecule has 6 nitrogen and oxygen atoms in total. The van der Waals surface area contributed by atoms with Crippen molar-refractivity contribution in [3.63, 3.8) is 0 Å². The van der Waals surface area contributed by atoms with Crippen molar-refractivity contribution in [1.29, 1.82) is 0 Å². The summed E-state index contributed by atoms with van der Waals surface area (Å²) in [5, 5.41) is 3.64. The summed E-state index contributed by atoms with van der Waals surface area (Å²) in [5.74, 6) is 0.790. The van der Waals surface area contributed by atoms with Crippen LogP contribution in [0, 0.1) is 0 Å². The molecule has 0 spiro atoms. The van der Waals surface area contributed by atoms with E-state index in [9.17, 15) is 4.79 Å². The van der Waals surface area contributed by atoms with Gasteiger partial charge in [-0.25, -0.2) is 4.79 Å². The van der Waals surface area contributed by atoms with Gasteiger partial charge in [0.05, 0.1) is 12.8 Å². The fourth-order valence-electron chi connectivity index (χ4n) is 3.11. The van der Waals surface area contributed by atoms with E-state index in [1.165, 1.54) is 0 Å². The van der Waals surface area contributed by atoms with Gasteiger partial charge in [-0.1, -0.05) is 11.6 Å². The van der Waals surface area contributed by atoms with Gasteiger partial charge in [-0.15, -0.1) is 0 Å². The van der Waals surface area contributed by atoms with Crippen LogP contribution < -0.4 is 19.9 Å². The van der Waals surface area contributed by atoms with Gasteiger partial charge in [-0.05, 0) is 42.5 Å². The number of piperazine rings is 1. The fraction of sp³-hybridized carbons (Fsp3) is 0.350. The highest BCUT2D eigenvalue weighted by molar-refractivity contribution is 6.30. The van der Waals surface area contributed by atoms with Crippen LogP contribution in [0.5, 0.6) is 5.75 Å². The monoisotopic (exact) mass is 388 g/mol. The molecule has 0 radical (unpaired) electrons. The molecular weight excluding hydrogens is 364 g/mol. The Hall–Kier alpha value is -2.60. The van der Waals surface area contributed by atoms with E-state index in [-0.39, 0.29) is 6.03 Å². The van der Waals surface area contributed by atoms with Crippen LogP contribution in [0.15, 0.2) is 42.5 Å². The van der Waals surface area contributed by atoms with Crippen molar-refractivity contribution in [2.75, 3.05) is 62.5 Å². The number of hydrogen-bond donors (Lipinski definition) is 1. The predicted molar refractivity (Wildman–Crippen MR) is 112 cm³/mol. The Kier molecular flexibility index (Phi) is 5.96. The van der Waals surface area contributed by atoms with E-state index >= 15 is 0 Å². The first-order chi connectivity index (χ1) is 13.0. The maximum Gasteiger partial charge on any atom is 0.321 e. The third-order valence-corrected chi connectivity index (χ3v) is 4.92. The minimum absolute atomic E-state index is 0.0784. The number of halogens is 1. The lowest BCUT2D eigenvalue weighted by atomic mass is 10.2. The summed E-state index contributed by atoms with van der Waals surface area (Å²) < 4.78 is 5.44. The van der Waals surface area contributed by atoms with Crippen molar-refractivity contribution in [2.24, 2.45) is 0 Å². The van der Waals surface area contributed by atoms with Crippen molar-refractivity contribution < 1.29 is 9.53 Å². The number of nitrogens with zero attached hydrogens (tertiary/aromatic N) is 3. The van der Waals surface area contributed by atoms with Crippen LogP contribution in [0.3, 0.4) is 0 Å². The summed E-state index contributed by atoms with van der Waals surface area (Å²) in [7, 11) is 5.63. The zero-order chi connectivity index (χ0) is 19.4. The Balaban J connectivity index is 1.59. The Morgan fingerprint density at radius 3 is 2.33 bits per heavy atom. The number of carbonyl (C=O) groups excluding carboxylic acids is 1. The second-order valence-electron chi connectivity index (χ2n) is 6.66. The number of nitrogens with one attached hydrogen (secondary N) is 1. The Bertz CT molecular complexity index is 787. The molecule has 0 atom stereocenters. The summed E-state index contributed by atoms with van der Waals surface area (Å²) in [6.07, 6.45) is 0. The number of benzene rings is 2. The molecule has 0 aliphatic carbocycles. The molecule has 1 saturated heterocycles. The molecule has 0 aromatic heterocycles. The first-order valence-electron chi connectivity index (χ1n) is 8.90. The molecule has 2 amide bonds. The van der Waals surface area contributed by atoms with E-state index in [0.717, 1.165) is 35.9 Å². The standard InChI is InChI=1S/C20H25ClN4O2/c1-23(2)17-7-5-16(6-8-17)22-20(26)25-12-10-24(11-13-25)18-14-15(21)4-9-19(18)27-3/h4-9,14H,10-13H2,1-3H3,(H,22,26). The number of carbonyl (C=O) groups is 1. The number of urea groups is 1. The lowest BCUT2D eigenvalue weighted by Crippen LogP contribution is -2.50. The lowest BCUT2D eigenvalue weighted by Gasteiger charge is -2.36. The van der Waals surface area contributed by atoms with E-state index < -0.39 is 0 Å². The minimum Gasteiger partial charge on any atom is -0.495 e. The molecule has 7 heteroatoms. The number of amides is 2. The van der Waals surface area contributed by atoms with Gasteiger partial charge in [0.15, 0.2) is 0 Å². The fourth-order valence-corrected chi connectivity index (χ4v) is 3.27. The average Bonchev–Trinajstić information content (AvgIpc) is 2.68. The van der Waals surface area contributed by atoms with Gasteiger partial charge in [0.1, 0.15) is 5.75 Å². The molecule has 2 aromatic rings. The van der Waals surface area contributed by atoms with Crippen LogP contribution in [0.4, 0.5) is 21.9 Å². The van der Waals surface area contributed by atoms with E-state index in [1.807, 2.05) is 66.4 Å². The first-order valence-corrected chi connectivity index (χ1v) is 9.27. The van der Waals surface area contributed by atoms with Crippen LogP contribution in [0.25, 0.3) is 0 Å². The van der Waals surface area contributed by atoms with E-state index in [1.54, 1.807) is 7.11 Å². The molecule has 1 aliphatic rings. The molecular formula is C20H25ClN4O2. The van der Waals surface area contributed by atoms with Gasteiger partial charge in [0.25, 0.3) is 0 Å². The summed E-state index contributed by atoms with van der Waals surface area (Å²) in [6.45, 7) is 2.72. The second-order valence-corrected chi connectivity index (χ2v) is 7.10. The first kappa shape index (κ1) is 19.2. The van der Waals surface area contributed by atoms with E-state index in [0.29, 0.717) is 18.1 Å². The third kappa shape index (κ3) is 4.57. The summed E-state index contributed by atoms with van der Waals surface area (Å²) in [5.41, 5.74) is 2.85. The smallest absolute Gasteiger partial charge is 0.321 e. The number of rotatable bonds is 4. The molecule has 144 valence electrons. The SMILES string of the molecule is COc1ccc(Cl)cc1N1CCN(C(=O)Nc2ccc(N(C)C)cc2)CC1. The Morgan fingerprint density at radius 1 is 1.07 bits per heavy atom. The predicted octanol–water partition coefficient (Wildman–Crippen LogP) is 3.77. The highest BCUT2D eigenvalue weighted by Crippen LogP contribution is 2.31. The van der Waals surface area contributed by atoms with E-state index in [2.05, 4.69) is 10.2 Å². The number of hydrogen-bond acceptors (Lipinski definition) is 4. The van der Waals surface area contributed by atoms with Gasteiger partial charge in [0, 0.05) is 56.7 Å². The minimum atomic E-state index is -0.0784. The highest BCUT2D eigenvalue weighted by Gasteiger charge is 2.23. The van der Waals surface area contributed by atoms with Crippen LogP contribution in [0.1, 0.15) is 0 Å². The van der Waals surface area contributed by atoms with Crippen molar-refractivity contribution in [1.82, 2.24) is 4.90 Å². The molecule has 0 saturated carbocycles. The average molecular weight is 389 g/mol. The van der Waals surface area contributed by atoms with Crippen LogP contribution in [-0.4, -0.2) is 58.3 Å². The summed E-state index contributed by atoms with van der Waals surface area (Å²) in [4.78, 5) is 18.6. The van der Waals surface area contributed by atoms with Crippen molar-refractivity contribution in [3.8, 4) is 5.75 Å². The third-order valence-electron chi connectivity index (χ3n) is 4.68. The Labute approximate surface area is 165 Å². The van der Waals surface area contributed by atoms with Crippen molar-refractivity contribution >= 4 is 34.7 Å². The van der Waals surface area contributed by atoms with Crippen LogP contribution in [-0.2, 0) is 0 Å². The van der Waals surface area contributed by atoms with Gasteiger partial charge in [0.2, 0.25) is 0 Å². The largest absolute Gasteiger partial charge is 0.495 e. The quantitative estimate of drug-likeness (QED) is 0.866. The maximum absolute atomic E-state index is 12.5. The molecule has 1 N–H and O–H groups in total. The highest BCUT2D eigenvalue weighted by atomic mass is 35.5. The van der Waals surface area contributed by atoms with Gasteiger partial charge in [-0.2, -0.15) is 0 Å². The molecule has 1 fully saturated rings. The zero-order valence-electron chi connectivity index (χ0n) is 15.9. The van der Waals surface area contributed by atoms with Gasteiger partial charge >= 0.3 is 6.03 Å². The topological polar surface area (TPSA) is 48.1 Å². The Morgan fingerprint density at radius 2 is 1.74 bits per heavy atom. The van der Waals surface area contributed by atoms with Crippen LogP contribution in [0.2, 0.25) is 5.02 Å². The van der Waals surface area contributed by atoms with Crippen molar-refractivity contribution in [3.05, 3.63) is 47.5 Å². The molecule has 0 bridgehead atoms.